The number of aryl methyl sites for hydroxylation is 1. The van der Waals surface area contributed by atoms with Gasteiger partial charge in [-0.3, -0.25) is 4.99 Å². The summed E-state index contributed by atoms with van der Waals surface area (Å²) in [5.74, 6) is 0.814. The number of rotatable bonds is 5. The Balaban J connectivity index is 1.73. The lowest BCUT2D eigenvalue weighted by atomic mass is 10.1. The van der Waals surface area contributed by atoms with Gasteiger partial charge in [-0.25, -0.2) is 4.98 Å². The first-order valence-electron chi connectivity index (χ1n) is 6.67. The molecule has 0 atom stereocenters. The minimum atomic E-state index is 0.712. The van der Waals surface area contributed by atoms with Crippen LogP contribution in [0.25, 0.3) is 0 Å². The summed E-state index contributed by atoms with van der Waals surface area (Å²) in [5, 5.41) is 7.66. The van der Waals surface area contributed by atoms with Gasteiger partial charge >= 0.3 is 0 Å². The van der Waals surface area contributed by atoms with Gasteiger partial charge in [0, 0.05) is 24.7 Å². The Morgan fingerprint density at radius 3 is 2.70 bits per heavy atom. The third-order valence-electron chi connectivity index (χ3n) is 2.85. The molecule has 0 aliphatic rings. The Morgan fingerprint density at radius 1 is 1.25 bits per heavy atom. The van der Waals surface area contributed by atoms with Gasteiger partial charge in [-0.2, -0.15) is 0 Å². The van der Waals surface area contributed by atoms with E-state index in [-0.39, 0.29) is 0 Å². The third kappa shape index (κ3) is 4.66. The van der Waals surface area contributed by atoms with Gasteiger partial charge in [0.15, 0.2) is 5.96 Å². The smallest absolute Gasteiger partial charge is 0.191 e. The van der Waals surface area contributed by atoms with E-state index >= 15 is 0 Å². The Bertz CT molecular complexity index is 548. The van der Waals surface area contributed by atoms with Crippen LogP contribution in [0.2, 0.25) is 0 Å². The zero-order valence-electron chi connectivity index (χ0n) is 11.9. The second-order valence-electron chi connectivity index (χ2n) is 4.45. The average Bonchev–Trinajstić information content (AvgIpc) is 2.89. The van der Waals surface area contributed by atoms with Crippen LogP contribution in [-0.4, -0.2) is 24.5 Å². The molecule has 106 valence electrons. The molecule has 2 rings (SSSR count). The van der Waals surface area contributed by atoms with E-state index in [1.54, 1.807) is 18.4 Å². The average molecular weight is 288 g/mol. The van der Waals surface area contributed by atoms with Gasteiger partial charge in [0.1, 0.15) is 5.01 Å². The van der Waals surface area contributed by atoms with E-state index in [0.29, 0.717) is 6.54 Å². The number of hydrogen-bond donors (Lipinski definition) is 2. The molecule has 2 N–H and O–H groups in total. The fourth-order valence-corrected chi connectivity index (χ4v) is 2.56. The fraction of sp³-hybridized carbons (Fsp3) is 0.333. The molecule has 1 aromatic carbocycles. The van der Waals surface area contributed by atoms with Crippen molar-refractivity contribution in [2.75, 3.05) is 13.6 Å². The molecule has 5 heteroatoms. The Labute approximate surface area is 124 Å². The summed E-state index contributed by atoms with van der Waals surface area (Å²) in [6, 6.07) is 10.4. The largest absolute Gasteiger partial charge is 0.356 e. The van der Waals surface area contributed by atoms with Crippen LogP contribution in [0.3, 0.4) is 0 Å². The normalized spacial score (nSPS) is 11.4. The van der Waals surface area contributed by atoms with Crippen molar-refractivity contribution in [1.82, 2.24) is 15.6 Å². The van der Waals surface area contributed by atoms with Crippen molar-refractivity contribution in [2.45, 2.75) is 19.9 Å². The first kappa shape index (κ1) is 14.5. The van der Waals surface area contributed by atoms with Gasteiger partial charge in [-0.05, 0) is 18.9 Å². The van der Waals surface area contributed by atoms with Crippen LogP contribution in [0, 0.1) is 6.92 Å². The molecule has 0 radical (unpaired) electrons. The summed E-state index contributed by atoms with van der Waals surface area (Å²) < 4.78 is 0. The van der Waals surface area contributed by atoms with Crippen molar-refractivity contribution in [3.63, 3.8) is 0 Å². The summed E-state index contributed by atoms with van der Waals surface area (Å²) >= 11 is 1.70. The molecule has 0 aliphatic heterocycles. The van der Waals surface area contributed by atoms with E-state index in [2.05, 4.69) is 51.8 Å². The Hall–Kier alpha value is -1.88. The maximum atomic E-state index is 4.32. The van der Waals surface area contributed by atoms with Gasteiger partial charge in [0.05, 0.1) is 6.54 Å². The lowest BCUT2D eigenvalue weighted by Crippen LogP contribution is -2.37. The highest BCUT2D eigenvalue weighted by Crippen LogP contribution is 2.10. The van der Waals surface area contributed by atoms with Crippen molar-refractivity contribution >= 4 is 17.3 Å². The maximum Gasteiger partial charge on any atom is 0.191 e. The van der Waals surface area contributed by atoms with Crippen LogP contribution >= 0.6 is 11.3 Å². The van der Waals surface area contributed by atoms with Crippen LogP contribution in [0.5, 0.6) is 0 Å². The second-order valence-corrected chi connectivity index (χ2v) is 5.77. The van der Waals surface area contributed by atoms with Crippen molar-refractivity contribution in [1.29, 1.82) is 0 Å². The summed E-state index contributed by atoms with van der Waals surface area (Å²) in [4.78, 5) is 9.77. The first-order valence-corrected chi connectivity index (χ1v) is 7.49. The molecule has 0 fully saturated rings. The minimum Gasteiger partial charge on any atom is -0.356 e. The van der Waals surface area contributed by atoms with Crippen LogP contribution in [0.4, 0.5) is 0 Å². The number of aromatic nitrogens is 1. The highest BCUT2D eigenvalue weighted by atomic mass is 32.1. The quantitative estimate of drug-likeness (QED) is 0.656. The number of nitrogens with one attached hydrogen (secondary N) is 2. The Morgan fingerprint density at radius 2 is 2.05 bits per heavy atom. The molecule has 0 saturated heterocycles. The number of thiazole rings is 1. The number of guanidine groups is 1. The molecule has 0 aliphatic carbocycles. The van der Waals surface area contributed by atoms with Crippen LogP contribution in [-0.2, 0) is 13.0 Å². The number of hydrogen-bond acceptors (Lipinski definition) is 3. The highest BCUT2D eigenvalue weighted by molar-refractivity contribution is 7.11. The van der Waals surface area contributed by atoms with Gasteiger partial charge in [-0.15, -0.1) is 11.3 Å². The van der Waals surface area contributed by atoms with Gasteiger partial charge in [-0.1, -0.05) is 30.3 Å². The van der Waals surface area contributed by atoms with Crippen molar-refractivity contribution in [2.24, 2.45) is 4.99 Å². The van der Waals surface area contributed by atoms with Gasteiger partial charge in [0.25, 0.3) is 0 Å². The molecule has 20 heavy (non-hydrogen) atoms. The van der Waals surface area contributed by atoms with Gasteiger partial charge < -0.3 is 10.6 Å². The van der Waals surface area contributed by atoms with E-state index in [1.165, 1.54) is 10.4 Å². The fourth-order valence-electron chi connectivity index (χ4n) is 1.83. The van der Waals surface area contributed by atoms with Crippen LogP contribution in [0.1, 0.15) is 15.4 Å². The molecule has 1 heterocycles. The van der Waals surface area contributed by atoms with E-state index in [0.717, 1.165) is 23.9 Å². The lowest BCUT2D eigenvalue weighted by molar-refractivity contribution is 0.792. The predicted molar refractivity (Wildman–Crippen MR) is 85.2 cm³/mol. The molecule has 0 spiro atoms. The highest BCUT2D eigenvalue weighted by Gasteiger charge is 2.01. The van der Waals surface area contributed by atoms with E-state index in [9.17, 15) is 0 Å². The number of benzene rings is 1. The summed E-state index contributed by atoms with van der Waals surface area (Å²) in [5.41, 5.74) is 1.33. The number of nitrogens with zero attached hydrogens (tertiary/aromatic N) is 2. The maximum absolute atomic E-state index is 4.32. The molecular formula is C15H20N4S. The van der Waals surface area contributed by atoms with Gasteiger partial charge in [0.2, 0.25) is 0 Å². The van der Waals surface area contributed by atoms with Crippen molar-refractivity contribution < 1.29 is 0 Å². The molecule has 0 amide bonds. The summed E-state index contributed by atoms with van der Waals surface area (Å²) in [7, 11) is 1.78. The third-order valence-corrected chi connectivity index (χ3v) is 3.76. The molecule has 1 aromatic heterocycles. The molecule has 2 aromatic rings. The predicted octanol–water partition coefficient (Wildman–Crippen LogP) is 2.36. The topological polar surface area (TPSA) is 49.3 Å². The van der Waals surface area contributed by atoms with E-state index in [4.69, 9.17) is 0 Å². The molecule has 0 unspecified atom stereocenters. The van der Waals surface area contributed by atoms with Crippen LogP contribution in [0.15, 0.2) is 41.5 Å². The molecule has 0 bridgehead atoms. The summed E-state index contributed by atoms with van der Waals surface area (Å²) in [6.07, 6.45) is 2.88. The van der Waals surface area contributed by atoms with Crippen LogP contribution < -0.4 is 10.6 Å². The standard InChI is InChI=1S/C15H20N4S/c1-12-10-18-14(20-12)11-19-15(16-2)17-9-8-13-6-4-3-5-7-13/h3-7,10H,8-9,11H2,1-2H3,(H2,16,17,19). The number of aliphatic imine (C=N–C) groups is 1. The van der Waals surface area contributed by atoms with E-state index in [1.807, 2.05) is 12.3 Å². The minimum absolute atomic E-state index is 0.712. The molecule has 0 saturated carbocycles. The SMILES string of the molecule is CN=C(NCCc1ccccc1)NCc1ncc(C)s1. The summed E-state index contributed by atoms with van der Waals surface area (Å²) in [6.45, 7) is 3.64. The second kappa shape index (κ2) is 7.65. The zero-order valence-corrected chi connectivity index (χ0v) is 12.7. The molecule has 4 nitrogen and oxygen atoms in total. The first-order chi connectivity index (χ1) is 9.78. The zero-order chi connectivity index (χ0) is 14.2. The lowest BCUT2D eigenvalue weighted by Gasteiger charge is -2.10. The Kier molecular flexibility index (Phi) is 5.55. The monoisotopic (exact) mass is 288 g/mol. The molecular weight excluding hydrogens is 268 g/mol. The van der Waals surface area contributed by atoms with Crippen molar-refractivity contribution in [3.8, 4) is 0 Å². The van der Waals surface area contributed by atoms with E-state index < -0.39 is 0 Å². The van der Waals surface area contributed by atoms with Crippen molar-refractivity contribution in [3.05, 3.63) is 52.0 Å².